The fourth-order valence-corrected chi connectivity index (χ4v) is 4.71. The highest BCUT2D eigenvalue weighted by molar-refractivity contribution is 7.91. The molecule has 0 fully saturated rings. The number of hydrogen-bond donors (Lipinski definition) is 1. The van der Waals surface area contributed by atoms with E-state index in [0.717, 1.165) is 6.42 Å². The predicted molar refractivity (Wildman–Crippen MR) is 142 cm³/mol. The number of anilines is 1. The van der Waals surface area contributed by atoms with Crippen molar-refractivity contribution in [3.8, 4) is 0 Å². The predicted octanol–water partition coefficient (Wildman–Crippen LogP) is 3.95. The van der Waals surface area contributed by atoms with Crippen molar-refractivity contribution in [2.24, 2.45) is 5.18 Å². The maximum absolute atomic E-state index is 13.3. The standard InChI is InChI=1S/C26H36N4O5S/c1-6-16-30(25(29(4)5)17-19(3)28-33)26(32)21-10-12-22(13-11-21)27-24(31)18-20-8-14-23(15-9-20)36(34,35)7-2/h8-15,19,25H,6-7,16-18H2,1-5H3,(H,27,31). The van der Waals surface area contributed by atoms with E-state index < -0.39 is 15.9 Å². The summed E-state index contributed by atoms with van der Waals surface area (Å²) in [6, 6.07) is 12.5. The number of nitrogens with one attached hydrogen (secondary N) is 1. The Morgan fingerprint density at radius 3 is 2.11 bits per heavy atom. The summed E-state index contributed by atoms with van der Waals surface area (Å²) in [5.41, 5.74) is 1.72. The largest absolute Gasteiger partial charge is 0.326 e. The molecule has 9 nitrogen and oxygen atoms in total. The number of hydrogen-bond acceptors (Lipinski definition) is 7. The van der Waals surface area contributed by atoms with Crippen LogP contribution in [0.4, 0.5) is 5.69 Å². The Hall–Kier alpha value is -3.11. The summed E-state index contributed by atoms with van der Waals surface area (Å²) < 4.78 is 23.9. The Morgan fingerprint density at radius 2 is 1.61 bits per heavy atom. The van der Waals surface area contributed by atoms with E-state index in [2.05, 4.69) is 10.5 Å². The fourth-order valence-electron chi connectivity index (χ4n) is 3.83. The van der Waals surface area contributed by atoms with Crippen molar-refractivity contribution in [2.75, 3.05) is 31.7 Å². The second kappa shape index (κ2) is 13.3. The van der Waals surface area contributed by atoms with E-state index in [1.807, 2.05) is 25.9 Å². The number of nitrogens with zero attached hydrogens (tertiary/aromatic N) is 3. The molecule has 0 heterocycles. The number of sulfone groups is 1. The Kier molecular flexibility index (Phi) is 10.7. The first-order valence-corrected chi connectivity index (χ1v) is 13.7. The van der Waals surface area contributed by atoms with Gasteiger partial charge in [-0.1, -0.05) is 31.2 Å². The molecule has 0 aliphatic heterocycles. The van der Waals surface area contributed by atoms with Gasteiger partial charge in [0.15, 0.2) is 9.84 Å². The van der Waals surface area contributed by atoms with Crippen LogP contribution in [0.1, 0.15) is 49.5 Å². The first-order valence-electron chi connectivity index (χ1n) is 12.0. The second-order valence-corrected chi connectivity index (χ2v) is 11.3. The van der Waals surface area contributed by atoms with Crippen LogP contribution in [-0.4, -0.2) is 68.6 Å². The van der Waals surface area contributed by atoms with Crippen molar-refractivity contribution < 1.29 is 18.0 Å². The molecule has 0 aliphatic rings. The average Bonchev–Trinajstić information content (AvgIpc) is 2.86. The van der Waals surface area contributed by atoms with Gasteiger partial charge >= 0.3 is 0 Å². The van der Waals surface area contributed by atoms with E-state index >= 15 is 0 Å². The third-order valence-electron chi connectivity index (χ3n) is 5.86. The van der Waals surface area contributed by atoms with Crippen molar-refractivity contribution in [3.05, 3.63) is 64.6 Å². The van der Waals surface area contributed by atoms with Crippen LogP contribution >= 0.6 is 0 Å². The molecule has 0 radical (unpaired) electrons. The molecule has 0 saturated carbocycles. The van der Waals surface area contributed by atoms with Gasteiger partial charge in [-0.15, -0.1) is 0 Å². The summed E-state index contributed by atoms with van der Waals surface area (Å²) in [6.45, 7) is 5.84. The molecule has 1 N–H and O–H groups in total. The summed E-state index contributed by atoms with van der Waals surface area (Å²) in [6.07, 6.45) is 1.01. The lowest BCUT2D eigenvalue weighted by Gasteiger charge is -2.36. The molecule has 2 amide bonds. The SMILES string of the molecule is CCCN(C(=O)c1ccc(NC(=O)Cc2ccc(S(=O)(=O)CC)cc2)cc1)C(CC(C)N=O)N(C)C. The van der Waals surface area contributed by atoms with Crippen molar-refractivity contribution in [3.63, 3.8) is 0 Å². The highest BCUT2D eigenvalue weighted by atomic mass is 32.2. The topological polar surface area (TPSA) is 116 Å². The van der Waals surface area contributed by atoms with Gasteiger partial charge in [0.2, 0.25) is 5.91 Å². The summed E-state index contributed by atoms with van der Waals surface area (Å²) >= 11 is 0. The molecule has 0 bridgehead atoms. The van der Waals surface area contributed by atoms with Gasteiger partial charge in [0.05, 0.1) is 29.3 Å². The van der Waals surface area contributed by atoms with Gasteiger partial charge in [0.25, 0.3) is 5.91 Å². The number of amides is 2. The van der Waals surface area contributed by atoms with E-state index in [-0.39, 0.29) is 35.0 Å². The van der Waals surface area contributed by atoms with Crippen LogP contribution in [0.5, 0.6) is 0 Å². The molecule has 2 atom stereocenters. The number of rotatable bonds is 13. The van der Waals surface area contributed by atoms with Gasteiger partial charge in [-0.25, -0.2) is 8.42 Å². The maximum atomic E-state index is 13.3. The minimum atomic E-state index is -3.28. The minimum absolute atomic E-state index is 0.0202. The molecule has 2 unspecified atom stereocenters. The lowest BCUT2D eigenvalue weighted by atomic mass is 10.1. The van der Waals surface area contributed by atoms with Crippen LogP contribution in [0.15, 0.2) is 58.6 Å². The summed E-state index contributed by atoms with van der Waals surface area (Å²) in [5, 5.41) is 5.90. The molecule has 196 valence electrons. The first kappa shape index (κ1) is 29.1. The van der Waals surface area contributed by atoms with Crippen molar-refractivity contribution in [1.82, 2.24) is 9.80 Å². The van der Waals surface area contributed by atoms with Gasteiger partial charge in [0.1, 0.15) is 0 Å². The molecule has 0 aromatic heterocycles. The summed E-state index contributed by atoms with van der Waals surface area (Å²) in [5.74, 6) is -0.392. The second-order valence-electron chi connectivity index (χ2n) is 8.98. The minimum Gasteiger partial charge on any atom is -0.326 e. The molecule has 0 saturated heterocycles. The lowest BCUT2D eigenvalue weighted by Crippen LogP contribution is -2.49. The number of nitroso groups, excluding NO2 is 1. The van der Waals surface area contributed by atoms with Crippen molar-refractivity contribution in [2.45, 2.75) is 57.1 Å². The highest BCUT2D eigenvalue weighted by Crippen LogP contribution is 2.19. The zero-order chi connectivity index (χ0) is 26.9. The molecule has 0 spiro atoms. The molecule has 2 aromatic carbocycles. The van der Waals surface area contributed by atoms with Gasteiger partial charge in [0, 0.05) is 24.2 Å². The average molecular weight is 517 g/mol. The van der Waals surface area contributed by atoms with Crippen LogP contribution in [0.3, 0.4) is 0 Å². The Labute approximate surface area is 213 Å². The number of benzene rings is 2. The molecular formula is C26H36N4O5S. The molecule has 0 aliphatic carbocycles. The van der Waals surface area contributed by atoms with E-state index in [1.165, 1.54) is 12.1 Å². The molecule has 2 aromatic rings. The first-order chi connectivity index (χ1) is 17.0. The van der Waals surface area contributed by atoms with E-state index in [9.17, 15) is 22.9 Å². The van der Waals surface area contributed by atoms with Crippen molar-refractivity contribution in [1.29, 1.82) is 0 Å². The van der Waals surface area contributed by atoms with Gasteiger partial charge < -0.3 is 10.2 Å². The van der Waals surface area contributed by atoms with Crippen LogP contribution in [0.25, 0.3) is 0 Å². The summed E-state index contributed by atoms with van der Waals surface area (Å²) in [4.78, 5) is 40.6. The quantitative estimate of drug-likeness (QED) is 0.318. The Bertz CT molecular complexity index is 1130. The summed E-state index contributed by atoms with van der Waals surface area (Å²) in [7, 11) is 0.452. The molecule has 36 heavy (non-hydrogen) atoms. The lowest BCUT2D eigenvalue weighted by molar-refractivity contribution is -0.115. The monoisotopic (exact) mass is 516 g/mol. The van der Waals surface area contributed by atoms with E-state index in [1.54, 1.807) is 55.1 Å². The third kappa shape index (κ3) is 7.96. The highest BCUT2D eigenvalue weighted by Gasteiger charge is 2.27. The number of carbonyl (C=O) groups excluding carboxylic acids is 2. The van der Waals surface area contributed by atoms with Crippen LogP contribution in [0.2, 0.25) is 0 Å². The van der Waals surface area contributed by atoms with Gasteiger partial charge in [-0.05, 0) is 69.4 Å². The molecule has 10 heteroatoms. The maximum Gasteiger partial charge on any atom is 0.255 e. The molecular weight excluding hydrogens is 480 g/mol. The fraction of sp³-hybridized carbons (Fsp3) is 0.462. The number of carbonyl (C=O) groups is 2. The van der Waals surface area contributed by atoms with Crippen LogP contribution in [-0.2, 0) is 21.1 Å². The Balaban J connectivity index is 2.08. The van der Waals surface area contributed by atoms with E-state index in [0.29, 0.717) is 29.8 Å². The van der Waals surface area contributed by atoms with Crippen LogP contribution in [0, 0.1) is 4.91 Å². The normalized spacial score (nSPS) is 13.2. The van der Waals surface area contributed by atoms with Crippen molar-refractivity contribution >= 4 is 27.3 Å². The van der Waals surface area contributed by atoms with Gasteiger partial charge in [-0.2, -0.15) is 4.91 Å². The zero-order valence-corrected chi connectivity index (χ0v) is 22.4. The van der Waals surface area contributed by atoms with E-state index in [4.69, 9.17) is 0 Å². The van der Waals surface area contributed by atoms with Gasteiger partial charge in [-0.3, -0.25) is 14.5 Å². The van der Waals surface area contributed by atoms with Crippen LogP contribution < -0.4 is 5.32 Å². The smallest absolute Gasteiger partial charge is 0.255 e. The third-order valence-corrected chi connectivity index (χ3v) is 7.61. The zero-order valence-electron chi connectivity index (χ0n) is 21.6. The Morgan fingerprint density at radius 1 is 1.00 bits per heavy atom. The molecule has 2 rings (SSSR count).